The lowest BCUT2D eigenvalue weighted by Crippen LogP contribution is -2.39. The van der Waals surface area contributed by atoms with E-state index in [4.69, 9.17) is 5.26 Å². The van der Waals surface area contributed by atoms with E-state index in [1.165, 1.54) is 6.20 Å². The second kappa shape index (κ2) is 7.75. The predicted octanol–water partition coefficient (Wildman–Crippen LogP) is 2.30. The standard InChI is InChI=1S/C19H21N5O/c1-14-4-2-3-5-16(14)19(25)23-13-15-6-10-24(11-7-15)18-17(12-20)21-8-9-22-18/h2-5,8-9,15H,6-7,10-11,13H2,1H3,(H,23,25). The van der Waals surface area contributed by atoms with Crippen LogP contribution >= 0.6 is 0 Å². The summed E-state index contributed by atoms with van der Waals surface area (Å²) in [7, 11) is 0. The molecule has 0 saturated carbocycles. The minimum Gasteiger partial charge on any atom is -0.354 e. The van der Waals surface area contributed by atoms with Gasteiger partial charge in [0.1, 0.15) is 6.07 Å². The van der Waals surface area contributed by atoms with Gasteiger partial charge in [-0.3, -0.25) is 4.79 Å². The third kappa shape index (κ3) is 3.94. The summed E-state index contributed by atoms with van der Waals surface area (Å²) in [5.74, 6) is 1.08. The van der Waals surface area contributed by atoms with Crippen molar-refractivity contribution in [3.8, 4) is 6.07 Å². The SMILES string of the molecule is Cc1ccccc1C(=O)NCC1CCN(c2nccnc2C#N)CC1. The van der Waals surface area contributed by atoms with Crippen LogP contribution in [0.4, 0.5) is 5.82 Å². The third-order valence-electron chi connectivity index (χ3n) is 4.64. The number of amides is 1. The summed E-state index contributed by atoms with van der Waals surface area (Å²) in [5, 5.41) is 12.2. The number of nitrogens with one attached hydrogen (secondary N) is 1. The number of aromatic nitrogens is 2. The molecule has 1 N–H and O–H groups in total. The van der Waals surface area contributed by atoms with Crippen LogP contribution in [0.3, 0.4) is 0 Å². The summed E-state index contributed by atoms with van der Waals surface area (Å²) in [6.45, 7) is 4.25. The van der Waals surface area contributed by atoms with Crippen LogP contribution in [0, 0.1) is 24.2 Å². The molecule has 0 radical (unpaired) electrons. The first kappa shape index (κ1) is 16.9. The molecule has 2 aromatic rings. The number of nitrogens with zero attached hydrogens (tertiary/aromatic N) is 4. The van der Waals surface area contributed by atoms with E-state index < -0.39 is 0 Å². The summed E-state index contributed by atoms with van der Waals surface area (Å²) in [5.41, 5.74) is 2.09. The average Bonchev–Trinajstić information content (AvgIpc) is 2.67. The lowest BCUT2D eigenvalue weighted by atomic mass is 9.96. The lowest BCUT2D eigenvalue weighted by Gasteiger charge is -2.32. The highest BCUT2D eigenvalue weighted by Crippen LogP contribution is 2.23. The van der Waals surface area contributed by atoms with Gasteiger partial charge in [0, 0.05) is 37.6 Å². The Hall–Kier alpha value is -2.94. The molecular weight excluding hydrogens is 314 g/mol. The van der Waals surface area contributed by atoms with E-state index in [0.29, 0.717) is 24.0 Å². The van der Waals surface area contributed by atoms with E-state index in [1.54, 1.807) is 6.20 Å². The molecule has 1 aliphatic heterocycles. The topological polar surface area (TPSA) is 81.9 Å². The molecule has 0 unspecified atom stereocenters. The number of carbonyl (C=O) groups is 1. The summed E-state index contributed by atoms with van der Waals surface area (Å²) in [6.07, 6.45) is 5.06. The van der Waals surface area contributed by atoms with Gasteiger partial charge in [-0.15, -0.1) is 0 Å². The Kier molecular flexibility index (Phi) is 5.24. The molecule has 0 atom stereocenters. The second-order valence-corrected chi connectivity index (χ2v) is 6.30. The number of aryl methyl sites for hydroxylation is 1. The van der Waals surface area contributed by atoms with Crippen molar-refractivity contribution in [2.75, 3.05) is 24.5 Å². The Morgan fingerprint density at radius 1 is 1.28 bits per heavy atom. The molecule has 1 saturated heterocycles. The van der Waals surface area contributed by atoms with Crippen LogP contribution < -0.4 is 10.2 Å². The van der Waals surface area contributed by atoms with Crippen molar-refractivity contribution in [2.45, 2.75) is 19.8 Å². The van der Waals surface area contributed by atoms with Crippen LogP contribution in [0.25, 0.3) is 0 Å². The number of benzene rings is 1. The highest BCUT2D eigenvalue weighted by molar-refractivity contribution is 5.95. The molecule has 25 heavy (non-hydrogen) atoms. The van der Waals surface area contributed by atoms with Crippen molar-refractivity contribution in [3.63, 3.8) is 0 Å². The van der Waals surface area contributed by atoms with Crippen molar-refractivity contribution < 1.29 is 4.79 Å². The van der Waals surface area contributed by atoms with Crippen LogP contribution in [0.1, 0.15) is 34.5 Å². The zero-order chi connectivity index (χ0) is 17.6. The first-order valence-electron chi connectivity index (χ1n) is 8.49. The first-order valence-corrected chi connectivity index (χ1v) is 8.49. The normalized spacial score (nSPS) is 14.8. The van der Waals surface area contributed by atoms with Gasteiger partial charge in [0.25, 0.3) is 5.91 Å². The second-order valence-electron chi connectivity index (χ2n) is 6.30. The lowest BCUT2D eigenvalue weighted by molar-refractivity contribution is 0.0944. The van der Waals surface area contributed by atoms with E-state index in [0.717, 1.165) is 37.1 Å². The monoisotopic (exact) mass is 335 g/mol. The largest absolute Gasteiger partial charge is 0.354 e. The molecule has 1 aliphatic rings. The number of carbonyl (C=O) groups excluding carboxylic acids is 1. The average molecular weight is 335 g/mol. The molecule has 0 bridgehead atoms. The van der Waals surface area contributed by atoms with Crippen molar-refractivity contribution >= 4 is 11.7 Å². The smallest absolute Gasteiger partial charge is 0.251 e. The molecule has 6 heteroatoms. The van der Waals surface area contributed by atoms with E-state index in [9.17, 15) is 4.79 Å². The van der Waals surface area contributed by atoms with Crippen LogP contribution in [0.15, 0.2) is 36.7 Å². The maximum absolute atomic E-state index is 12.3. The number of piperidine rings is 1. The van der Waals surface area contributed by atoms with Crippen molar-refractivity contribution in [1.82, 2.24) is 15.3 Å². The van der Waals surface area contributed by atoms with Gasteiger partial charge in [0.2, 0.25) is 0 Å². The van der Waals surface area contributed by atoms with Gasteiger partial charge < -0.3 is 10.2 Å². The van der Waals surface area contributed by atoms with Crippen LogP contribution in [0.5, 0.6) is 0 Å². The van der Waals surface area contributed by atoms with E-state index in [2.05, 4.69) is 26.3 Å². The first-order chi connectivity index (χ1) is 12.2. The molecule has 2 heterocycles. The Morgan fingerprint density at radius 2 is 2.00 bits per heavy atom. The summed E-state index contributed by atoms with van der Waals surface area (Å²) in [4.78, 5) is 22.8. The summed E-state index contributed by atoms with van der Waals surface area (Å²) in [6, 6.07) is 9.71. The molecule has 6 nitrogen and oxygen atoms in total. The number of nitriles is 1. The molecule has 3 rings (SSSR count). The van der Waals surface area contributed by atoms with Gasteiger partial charge in [-0.05, 0) is 37.3 Å². The quantitative estimate of drug-likeness (QED) is 0.927. The van der Waals surface area contributed by atoms with Crippen LogP contribution in [-0.2, 0) is 0 Å². The third-order valence-corrected chi connectivity index (χ3v) is 4.64. The van der Waals surface area contributed by atoms with Crippen molar-refractivity contribution in [2.24, 2.45) is 5.92 Å². The molecular formula is C19H21N5O. The van der Waals surface area contributed by atoms with Gasteiger partial charge in [0.15, 0.2) is 11.5 Å². The van der Waals surface area contributed by atoms with Gasteiger partial charge in [-0.1, -0.05) is 18.2 Å². The van der Waals surface area contributed by atoms with E-state index >= 15 is 0 Å². The van der Waals surface area contributed by atoms with Crippen LogP contribution in [-0.4, -0.2) is 35.5 Å². The molecule has 1 fully saturated rings. The Balaban J connectivity index is 1.52. The Morgan fingerprint density at radius 3 is 2.72 bits per heavy atom. The van der Waals surface area contributed by atoms with Gasteiger partial charge in [0.05, 0.1) is 0 Å². The van der Waals surface area contributed by atoms with Gasteiger partial charge in [-0.25, -0.2) is 9.97 Å². The van der Waals surface area contributed by atoms with Gasteiger partial charge in [-0.2, -0.15) is 5.26 Å². The van der Waals surface area contributed by atoms with Crippen LogP contribution in [0.2, 0.25) is 0 Å². The Labute approximate surface area is 147 Å². The highest BCUT2D eigenvalue weighted by Gasteiger charge is 2.23. The Bertz CT molecular complexity index is 790. The minimum atomic E-state index is -0.0128. The molecule has 128 valence electrons. The minimum absolute atomic E-state index is 0.0128. The number of hydrogen-bond acceptors (Lipinski definition) is 5. The predicted molar refractivity (Wildman–Crippen MR) is 95.2 cm³/mol. The molecule has 1 amide bonds. The number of rotatable bonds is 4. The van der Waals surface area contributed by atoms with Gasteiger partial charge >= 0.3 is 0 Å². The van der Waals surface area contributed by atoms with Crippen molar-refractivity contribution in [1.29, 1.82) is 5.26 Å². The zero-order valence-corrected chi connectivity index (χ0v) is 14.3. The zero-order valence-electron chi connectivity index (χ0n) is 14.3. The fourth-order valence-electron chi connectivity index (χ4n) is 3.15. The van der Waals surface area contributed by atoms with E-state index in [1.807, 2.05) is 31.2 Å². The molecule has 0 spiro atoms. The summed E-state index contributed by atoms with van der Waals surface area (Å²) >= 11 is 0. The maximum Gasteiger partial charge on any atom is 0.251 e. The molecule has 1 aromatic carbocycles. The molecule has 1 aromatic heterocycles. The number of anilines is 1. The summed E-state index contributed by atoms with van der Waals surface area (Å²) < 4.78 is 0. The highest BCUT2D eigenvalue weighted by atomic mass is 16.1. The number of hydrogen-bond donors (Lipinski definition) is 1. The fraction of sp³-hybridized carbons (Fsp3) is 0.368. The fourth-order valence-corrected chi connectivity index (χ4v) is 3.15. The molecule has 0 aliphatic carbocycles. The van der Waals surface area contributed by atoms with E-state index in [-0.39, 0.29) is 5.91 Å². The maximum atomic E-state index is 12.3. The van der Waals surface area contributed by atoms with Crippen molar-refractivity contribution in [3.05, 3.63) is 53.5 Å².